The van der Waals surface area contributed by atoms with Crippen LogP contribution < -0.4 is 0 Å². The summed E-state index contributed by atoms with van der Waals surface area (Å²) in [6.45, 7) is 0. The second-order valence-corrected chi connectivity index (χ2v) is 0. The Balaban J connectivity index is -0.000000000500. The van der Waals surface area contributed by atoms with E-state index in [9.17, 15) is 0 Å². The van der Waals surface area contributed by atoms with Crippen LogP contribution in [0.4, 0.5) is 0 Å². The molecule has 0 aliphatic carbocycles. The van der Waals surface area contributed by atoms with Crippen molar-refractivity contribution in [3.05, 3.63) is 0 Å². The summed E-state index contributed by atoms with van der Waals surface area (Å²) in [6, 6.07) is 0. The number of hydrogen-bond acceptors (Lipinski definition) is 0. The maximum absolute atomic E-state index is 4.06. The molecule has 7 heavy (non-hydrogen) atoms. The minimum absolute atomic E-state index is 0. The van der Waals surface area contributed by atoms with Gasteiger partial charge in [-0.3, -0.25) is 0 Å². The normalized spacial score (nSPS) is 0.857. The second kappa shape index (κ2) is 331. The van der Waals surface area contributed by atoms with E-state index in [-0.39, 0.29) is 27.4 Å². The molecule has 0 amide bonds. The van der Waals surface area contributed by atoms with E-state index in [1.165, 1.54) is 0 Å². The van der Waals surface area contributed by atoms with Crippen molar-refractivity contribution >= 4 is 13.7 Å². The number of rotatable bonds is 0. The summed E-state index contributed by atoms with van der Waals surface area (Å²) >= 11 is 6.25. The van der Waals surface area contributed by atoms with Gasteiger partial charge in [0, 0.05) is 0 Å². The SMILES string of the molecule is O.O.O.O.O.[Cu]=[Se]. The van der Waals surface area contributed by atoms with Crippen LogP contribution in [0, 0.1) is 0 Å². The monoisotopic (exact) mass is 233 g/mol. The molecule has 0 bridgehead atoms. The maximum atomic E-state index is 4.06. The third-order valence-corrected chi connectivity index (χ3v) is 0. The Labute approximate surface area is 55.1 Å². The molecule has 0 saturated heterocycles. The van der Waals surface area contributed by atoms with Gasteiger partial charge in [0.05, 0.1) is 0 Å². The van der Waals surface area contributed by atoms with Crippen LogP contribution in [0.3, 0.4) is 0 Å². The fourth-order valence-electron chi connectivity index (χ4n) is 0. The molecule has 0 rings (SSSR count). The first kappa shape index (κ1) is 108. The first-order chi connectivity index (χ1) is 1.00. The van der Waals surface area contributed by atoms with Gasteiger partial charge in [0.2, 0.25) is 0 Å². The van der Waals surface area contributed by atoms with Crippen molar-refractivity contribution in [2.24, 2.45) is 0 Å². The van der Waals surface area contributed by atoms with Gasteiger partial charge in [-0.25, -0.2) is 0 Å². The Morgan fingerprint density at radius 1 is 0.571 bits per heavy atom. The molecule has 7 heteroatoms. The molecule has 0 heterocycles. The van der Waals surface area contributed by atoms with Crippen molar-refractivity contribution in [3.63, 3.8) is 0 Å². The molecule has 0 spiro atoms. The van der Waals surface area contributed by atoms with Crippen molar-refractivity contribution in [3.8, 4) is 0 Å². The van der Waals surface area contributed by atoms with E-state index < -0.39 is 0 Å². The zero-order chi connectivity index (χ0) is 2.00. The summed E-state index contributed by atoms with van der Waals surface area (Å²) in [6.07, 6.45) is 0. The average molecular weight is 233 g/mol. The first-order valence-corrected chi connectivity index (χ1v) is 2.64. The Hall–Kier alpha value is 0.839. The predicted molar refractivity (Wildman–Crippen MR) is 23.8 cm³/mol. The summed E-state index contributed by atoms with van der Waals surface area (Å²) in [7, 11) is 0. The molecule has 57 valence electrons. The van der Waals surface area contributed by atoms with Crippen LogP contribution in [0.15, 0.2) is 0 Å². The molecular weight excluding hydrogens is 223 g/mol. The Bertz CT molecular complexity index is 8.04. The minimum atomic E-state index is 0. The van der Waals surface area contributed by atoms with Crippen molar-refractivity contribution in [1.82, 2.24) is 0 Å². The van der Waals surface area contributed by atoms with Crippen LogP contribution in [-0.4, -0.2) is 41.0 Å². The summed E-state index contributed by atoms with van der Waals surface area (Å²) in [5, 5.41) is 0. The van der Waals surface area contributed by atoms with Crippen LogP contribution in [-0.2, 0) is 13.7 Å². The molecule has 0 fully saturated rings. The van der Waals surface area contributed by atoms with Gasteiger partial charge in [0.1, 0.15) is 0 Å². The topological polar surface area (TPSA) is 158 Å². The van der Waals surface area contributed by atoms with Crippen LogP contribution in [0.2, 0.25) is 0 Å². The molecule has 0 saturated carbocycles. The summed E-state index contributed by atoms with van der Waals surface area (Å²) in [5.41, 5.74) is 0. The molecule has 10 N–H and O–H groups in total. The molecule has 0 unspecified atom stereocenters. The molecule has 0 aliphatic heterocycles. The van der Waals surface area contributed by atoms with Crippen molar-refractivity contribution in [2.45, 2.75) is 0 Å². The van der Waals surface area contributed by atoms with Gasteiger partial charge in [-0.2, -0.15) is 0 Å². The van der Waals surface area contributed by atoms with E-state index in [1.807, 2.05) is 0 Å². The van der Waals surface area contributed by atoms with E-state index >= 15 is 0 Å². The Morgan fingerprint density at radius 2 is 0.571 bits per heavy atom. The van der Waals surface area contributed by atoms with Crippen molar-refractivity contribution in [1.29, 1.82) is 0 Å². The zero-order valence-corrected chi connectivity index (χ0v) is 5.86. The molecule has 0 aromatic carbocycles. The summed E-state index contributed by atoms with van der Waals surface area (Å²) in [5.74, 6) is 0. The fraction of sp³-hybridized carbons (Fsp3) is 0. The molecule has 0 aromatic rings. The Morgan fingerprint density at radius 3 is 0.571 bits per heavy atom. The second-order valence-electron chi connectivity index (χ2n) is 0. The van der Waals surface area contributed by atoms with E-state index in [0.717, 1.165) is 0 Å². The molecule has 5 nitrogen and oxygen atoms in total. The third kappa shape index (κ3) is 228. The summed E-state index contributed by atoms with van der Waals surface area (Å²) < 4.78 is 0. The van der Waals surface area contributed by atoms with Crippen LogP contribution in [0.1, 0.15) is 0 Å². The first-order valence-electron chi connectivity index (χ1n) is 0.123. The fourth-order valence-corrected chi connectivity index (χ4v) is 0. The molecule has 0 aliphatic rings. The average Bonchev–Trinajstić information content (AvgIpc) is 1.00. The number of hydrogen-bond donors (Lipinski definition) is 0. The van der Waals surface area contributed by atoms with Gasteiger partial charge < -0.3 is 27.4 Å². The van der Waals surface area contributed by atoms with Gasteiger partial charge >= 0.3 is 27.3 Å². The predicted octanol–water partition coefficient (Wildman–Crippen LogP) is -4.51. The van der Waals surface area contributed by atoms with Crippen LogP contribution in [0.5, 0.6) is 0 Å². The van der Waals surface area contributed by atoms with E-state index in [1.54, 1.807) is 0 Å². The van der Waals surface area contributed by atoms with E-state index in [0.29, 0.717) is 0 Å². The zero-order valence-electron chi connectivity index (χ0n) is 3.21. The van der Waals surface area contributed by atoms with Crippen molar-refractivity contribution < 1.29 is 41.0 Å². The molecular formula is H10CuO5Se. The molecule has 0 atom stereocenters. The third-order valence-electron chi connectivity index (χ3n) is 0. The Kier molecular flexibility index (Phi) is 5130. The van der Waals surface area contributed by atoms with Gasteiger partial charge in [0.25, 0.3) is 0 Å². The van der Waals surface area contributed by atoms with Gasteiger partial charge in [0.15, 0.2) is 0 Å². The van der Waals surface area contributed by atoms with Crippen molar-refractivity contribution in [2.75, 3.05) is 0 Å². The van der Waals surface area contributed by atoms with Gasteiger partial charge in [-0.15, -0.1) is 0 Å². The molecule has 0 radical (unpaired) electrons. The van der Waals surface area contributed by atoms with Crippen LogP contribution >= 0.6 is 0 Å². The van der Waals surface area contributed by atoms with E-state index in [2.05, 4.69) is 27.3 Å². The quantitative estimate of drug-likeness (QED) is 0.369. The summed E-state index contributed by atoms with van der Waals surface area (Å²) in [4.78, 5) is 0. The van der Waals surface area contributed by atoms with E-state index in [4.69, 9.17) is 0 Å². The van der Waals surface area contributed by atoms with Gasteiger partial charge in [-0.05, 0) is 0 Å². The standard InChI is InChI=1S/Cu.5H2O.Se/h;5*1H2;. The van der Waals surface area contributed by atoms with Crippen LogP contribution in [0.25, 0.3) is 0 Å². The van der Waals surface area contributed by atoms with Gasteiger partial charge in [-0.1, -0.05) is 0 Å². The molecule has 0 aromatic heterocycles.